The number of piperidine rings is 1. The second-order valence-electron chi connectivity index (χ2n) is 15.8. The number of H-pyrrole nitrogens is 1. The molecule has 5 aromatic rings. The molecular weight excluding hydrogens is 757 g/mol. The zero-order valence-electron chi connectivity index (χ0n) is 34.3. The van der Waals surface area contributed by atoms with Crippen molar-refractivity contribution < 1.29 is 29.3 Å². The lowest BCUT2D eigenvalue weighted by Gasteiger charge is -2.31. The number of aromatic amines is 1. The van der Waals surface area contributed by atoms with Gasteiger partial charge in [-0.3, -0.25) is 19.7 Å². The van der Waals surface area contributed by atoms with Crippen molar-refractivity contribution >= 4 is 34.4 Å². The number of aromatic hydroxyl groups is 1. The number of carbonyl (C=O) groups is 3. The molecule has 11 nitrogen and oxygen atoms in total. The standard InChI is InChI=1S/C48H56N4O7.CH4/c1-32-30-36(33(2)29-35(32)13-9-17-43(54)40-18-20-44(55)47-41(40)19-21-45(56)50-47)31-37(53)14-10-25-51(3)46(57)24-28-52-26-22-38(23-27-52)59-48(58)49-42-16-8-7-15-39(42)34-11-5-4-6-12-34;/h4-8,11-12,15-16,18-21,29-30,38,43,54-55H,9-10,13-14,17,22-28,31H2,1-3H3,(H,49,58)(H,50,56);1H4/t43-;/m0./s1. The molecule has 4 N–H and O–H groups in total. The number of nitrogens with zero attached hydrogens (tertiary/aromatic N) is 2. The number of phenolic OH excluding ortho intramolecular Hbond substituents is 1. The van der Waals surface area contributed by atoms with Crippen LogP contribution in [0.2, 0.25) is 0 Å². The second kappa shape index (κ2) is 21.5. The summed E-state index contributed by atoms with van der Waals surface area (Å²) >= 11 is 0. The number of hydrogen-bond acceptors (Lipinski definition) is 8. The molecule has 0 spiro atoms. The Morgan fingerprint density at radius 2 is 1.60 bits per heavy atom. The number of aliphatic hydroxyl groups excluding tert-OH is 1. The summed E-state index contributed by atoms with van der Waals surface area (Å²) in [5, 5.41) is 24.7. The zero-order chi connectivity index (χ0) is 41.9. The fourth-order valence-electron chi connectivity index (χ4n) is 7.97. The van der Waals surface area contributed by atoms with Crippen molar-refractivity contribution in [3.8, 4) is 16.9 Å². The van der Waals surface area contributed by atoms with Crippen LogP contribution in [0.4, 0.5) is 10.5 Å². The summed E-state index contributed by atoms with van der Waals surface area (Å²) in [6.07, 6.45) is 3.77. The van der Waals surface area contributed by atoms with Gasteiger partial charge in [-0.2, -0.15) is 0 Å². The number of ketones is 1. The van der Waals surface area contributed by atoms with Gasteiger partial charge in [-0.25, -0.2) is 4.79 Å². The number of benzene rings is 4. The van der Waals surface area contributed by atoms with Crippen molar-refractivity contribution in [3.05, 3.63) is 129 Å². The van der Waals surface area contributed by atoms with E-state index in [4.69, 9.17) is 4.74 Å². The fourth-order valence-corrected chi connectivity index (χ4v) is 7.97. The Bertz CT molecular complexity index is 2300. The van der Waals surface area contributed by atoms with Crippen molar-refractivity contribution in [3.63, 3.8) is 0 Å². The minimum absolute atomic E-state index is 0. The van der Waals surface area contributed by atoms with Crippen LogP contribution in [0.1, 0.15) is 86.3 Å². The van der Waals surface area contributed by atoms with E-state index < -0.39 is 12.2 Å². The number of aryl methyl sites for hydroxylation is 3. The number of pyridine rings is 1. The maximum absolute atomic E-state index is 13.0. The van der Waals surface area contributed by atoms with Crippen molar-refractivity contribution in [2.75, 3.05) is 38.5 Å². The number of amides is 2. The molecule has 0 bridgehead atoms. The summed E-state index contributed by atoms with van der Waals surface area (Å²) in [6, 6.07) is 28.0. The summed E-state index contributed by atoms with van der Waals surface area (Å²) in [6.45, 7) is 6.72. The first-order valence-corrected chi connectivity index (χ1v) is 20.7. The third-order valence-electron chi connectivity index (χ3n) is 11.4. The molecule has 1 aliphatic rings. The van der Waals surface area contributed by atoms with E-state index in [1.165, 1.54) is 17.7 Å². The largest absolute Gasteiger partial charge is 0.506 e. The molecule has 11 heteroatoms. The molecule has 6 rings (SSSR count). The van der Waals surface area contributed by atoms with Gasteiger partial charge in [0.1, 0.15) is 17.6 Å². The number of anilines is 1. The average Bonchev–Trinajstić information content (AvgIpc) is 3.22. The number of hydrogen-bond donors (Lipinski definition) is 4. The first kappa shape index (κ1) is 45.3. The van der Waals surface area contributed by atoms with E-state index in [9.17, 15) is 29.4 Å². The molecule has 1 aromatic heterocycles. The minimum atomic E-state index is -0.751. The summed E-state index contributed by atoms with van der Waals surface area (Å²) in [7, 11) is 1.79. The van der Waals surface area contributed by atoms with E-state index in [-0.39, 0.29) is 36.5 Å². The van der Waals surface area contributed by atoms with Gasteiger partial charge in [-0.15, -0.1) is 0 Å². The summed E-state index contributed by atoms with van der Waals surface area (Å²) in [4.78, 5) is 57.1. The van der Waals surface area contributed by atoms with Gasteiger partial charge in [0.25, 0.3) is 0 Å². The molecular formula is C49H60N4O7. The number of aromatic nitrogens is 1. The van der Waals surface area contributed by atoms with E-state index in [1.54, 1.807) is 24.1 Å². The number of phenols is 1. The monoisotopic (exact) mass is 816 g/mol. The molecule has 60 heavy (non-hydrogen) atoms. The minimum Gasteiger partial charge on any atom is -0.506 e. The molecule has 1 aliphatic heterocycles. The Labute approximate surface area is 353 Å². The lowest BCUT2D eigenvalue weighted by Crippen LogP contribution is -2.40. The van der Waals surface area contributed by atoms with Crippen LogP contribution in [0.25, 0.3) is 22.0 Å². The molecule has 0 saturated carbocycles. The van der Waals surface area contributed by atoms with Crippen LogP contribution in [-0.4, -0.2) is 82.1 Å². The van der Waals surface area contributed by atoms with Gasteiger partial charge in [0.2, 0.25) is 11.5 Å². The first-order chi connectivity index (χ1) is 28.4. The van der Waals surface area contributed by atoms with E-state index in [1.807, 2.05) is 68.4 Å². The highest BCUT2D eigenvalue weighted by atomic mass is 16.6. The number of aliphatic hydroxyl groups is 1. The molecule has 4 aromatic carbocycles. The summed E-state index contributed by atoms with van der Waals surface area (Å²) in [5.74, 6) is 0.162. The number of ether oxygens (including phenoxy) is 1. The Balaban J connectivity index is 0.00000683. The predicted octanol–water partition coefficient (Wildman–Crippen LogP) is 8.66. The van der Waals surface area contributed by atoms with E-state index in [0.717, 1.165) is 53.7 Å². The SMILES string of the molecule is C.Cc1cc(CC(=O)CCCN(C)C(=O)CCN2CCC(OC(=O)Nc3ccccc3-c3ccccc3)CC2)c(C)cc1CCC[C@H](O)c1ccc(O)c2[nH]c(=O)ccc12. The zero-order valence-corrected chi connectivity index (χ0v) is 34.3. The number of fused-ring (bicyclic) bond motifs is 1. The molecule has 318 valence electrons. The topological polar surface area (TPSA) is 152 Å². The van der Waals surface area contributed by atoms with Crippen molar-refractivity contribution in [2.24, 2.45) is 0 Å². The van der Waals surface area contributed by atoms with E-state index >= 15 is 0 Å². The van der Waals surface area contributed by atoms with Crippen LogP contribution in [0.3, 0.4) is 0 Å². The highest BCUT2D eigenvalue weighted by Gasteiger charge is 2.24. The molecule has 1 saturated heterocycles. The number of likely N-dealkylation sites (tertiary alicyclic amines) is 1. The van der Waals surface area contributed by atoms with Gasteiger partial charge < -0.3 is 29.7 Å². The quantitative estimate of drug-likeness (QED) is 0.0728. The molecule has 2 amide bonds. The molecule has 0 aliphatic carbocycles. The van der Waals surface area contributed by atoms with Crippen molar-refractivity contribution in [1.29, 1.82) is 0 Å². The van der Waals surface area contributed by atoms with Gasteiger partial charge in [0, 0.05) is 69.5 Å². The predicted molar refractivity (Wildman–Crippen MR) is 238 cm³/mol. The third-order valence-corrected chi connectivity index (χ3v) is 11.4. The van der Waals surface area contributed by atoms with Crippen LogP contribution in [0.5, 0.6) is 5.75 Å². The number of Topliss-reactive ketones (excluding diaryl/α,β-unsaturated/α-hetero) is 1. The highest BCUT2D eigenvalue weighted by molar-refractivity contribution is 5.91. The Kier molecular flexibility index (Phi) is 16.2. The average molecular weight is 817 g/mol. The van der Waals surface area contributed by atoms with Crippen LogP contribution in [0, 0.1) is 13.8 Å². The van der Waals surface area contributed by atoms with Crippen molar-refractivity contribution in [1.82, 2.24) is 14.8 Å². The maximum Gasteiger partial charge on any atom is 0.411 e. The Morgan fingerprint density at radius 3 is 2.37 bits per heavy atom. The van der Waals surface area contributed by atoms with Crippen molar-refractivity contribution in [2.45, 2.75) is 91.3 Å². The smallest absolute Gasteiger partial charge is 0.411 e. The summed E-state index contributed by atoms with van der Waals surface area (Å²) in [5.41, 5.74) is 7.67. The number of carbonyl (C=O) groups excluding carboxylic acids is 3. The second-order valence-corrected chi connectivity index (χ2v) is 15.8. The Hall–Kier alpha value is -5.78. The molecule has 2 heterocycles. The fraction of sp³-hybridized carbons (Fsp3) is 0.388. The number of nitrogens with one attached hydrogen (secondary N) is 2. The lowest BCUT2D eigenvalue weighted by molar-refractivity contribution is -0.130. The summed E-state index contributed by atoms with van der Waals surface area (Å²) < 4.78 is 5.77. The van der Waals surface area contributed by atoms with Gasteiger partial charge in [0.15, 0.2) is 0 Å². The van der Waals surface area contributed by atoms with Crippen LogP contribution in [0.15, 0.2) is 95.8 Å². The highest BCUT2D eigenvalue weighted by Crippen LogP contribution is 2.32. The molecule has 1 fully saturated rings. The van der Waals surface area contributed by atoms with Gasteiger partial charge >= 0.3 is 6.09 Å². The Morgan fingerprint density at radius 1 is 0.900 bits per heavy atom. The number of rotatable bonds is 17. The maximum atomic E-state index is 13.0. The molecule has 1 atom stereocenters. The normalized spacial score (nSPS) is 13.7. The van der Waals surface area contributed by atoms with E-state index in [2.05, 4.69) is 27.3 Å². The van der Waals surface area contributed by atoms with Gasteiger partial charge in [0.05, 0.1) is 17.3 Å². The van der Waals surface area contributed by atoms with Crippen LogP contribution in [-0.2, 0) is 27.2 Å². The molecule has 0 radical (unpaired) electrons. The third kappa shape index (κ3) is 12.1. The first-order valence-electron chi connectivity index (χ1n) is 20.7. The van der Waals surface area contributed by atoms with Crippen LogP contribution < -0.4 is 10.9 Å². The lowest BCUT2D eigenvalue weighted by atomic mass is 9.92. The number of para-hydroxylation sites is 1. The van der Waals surface area contributed by atoms with Gasteiger partial charge in [-0.05, 0) is 104 Å². The van der Waals surface area contributed by atoms with Gasteiger partial charge in [-0.1, -0.05) is 74.2 Å². The molecule has 0 unspecified atom stereocenters. The van der Waals surface area contributed by atoms with Crippen LogP contribution >= 0.6 is 0 Å². The van der Waals surface area contributed by atoms with E-state index in [0.29, 0.717) is 80.2 Å².